The van der Waals surface area contributed by atoms with Crippen LogP contribution in [0.25, 0.3) is 0 Å². The minimum Gasteiger partial charge on any atom is -0.324 e. The Morgan fingerprint density at radius 2 is 2.47 bits per heavy atom. The zero-order chi connectivity index (χ0) is 10.8. The van der Waals surface area contributed by atoms with Gasteiger partial charge in [0.2, 0.25) is 0 Å². The van der Waals surface area contributed by atoms with Crippen LogP contribution in [0, 0.1) is 5.92 Å². The third kappa shape index (κ3) is 2.33. The molecule has 1 aliphatic rings. The van der Waals surface area contributed by atoms with Crippen LogP contribution in [0.2, 0.25) is 0 Å². The highest BCUT2D eigenvalue weighted by atomic mass is 16.1. The van der Waals surface area contributed by atoms with Crippen molar-refractivity contribution >= 4 is 5.78 Å². The monoisotopic (exact) mass is 205 g/mol. The summed E-state index contributed by atoms with van der Waals surface area (Å²) in [4.78, 5) is 11.8. The topological polar surface area (TPSA) is 60.9 Å². The van der Waals surface area contributed by atoms with Gasteiger partial charge >= 0.3 is 0 Å². The molecule has 0 aromatic carbocycles. The van der Waals surface area contributed by atoms with Crippen molar-refractivity contribution in [1.82, 2.24) is 9.78 Å². The van der Waals surface area contributed by atoms with Gasteiger partial charge in [-0.05, 0) is 12.5 Å². The van der Waals surface area contributed by atoms with E-state index < -0.39 is 0 Å². The molecule has 1 aromatic rings. The summed E-state index contributed by atoms with van der Waals surface area (Å²) < 4.78 is 1.71. The minimum atomic E-state index is -0.0120. The Hall–Kier alpha value is -1.42. The maximum absolute atomic E-state index is 11.8. The van der Waals surface area contributed by atoms with Crippen LogP contribution in [-0.2, 0) is 18.3 Å². The van der Waals surface area contributed by atoms with Crippen LogP contribution in [0.1, 0.15) is 12.1 Å². The van der Waals surface area contributed by atoms with Gasteiger partial charge in [-0.2, -0.15) is 5.10 Å². The highest BCUT2D eigenvalue weighted by molar-refractivity contribution is 5.85. The molecule has 2 atom stereocenters. The molecular formula is C11H15N3O. The Morgan fingerprint density at radius 1 is 1.67 bits per heavy atom. The van der Waals surface area contributed by atoms with E-state index in [2.05, 4.69) is 5.10 Å². The number of hydrogen-bond donors (Lipinski definition) is 1. The maximum Gasteiger partial charge on any atom is 0.145 e. The number of allylic oxidation sites excluding steroid dienone is 1. The van der Waals surface area contributed by atoms with Crippen molar-refractivity contribution in [3.05, 3.63) is 30.1 Å². The zero-order valence-corrected chi connectivity index (χ0v) is 8.76. The van der Waals surface area contributed by atoms with Crippen molar-refractivity contribution in [2.24, 2.45) is 18.7 Å². The van der Waals surface area contributed by atoms with Gasteiger partial charge in [-0.15, -0.1) is 0 Å². The molecule has 1 aliphatic carbocycles. The first-order chi connectivity index (χ1) is 7.15. The van der Waals surface area contributed by atoms with E-state index in [-0.39, 0.29) is 17.7 Å². The molecule has 15 heavy (non-hydrogen) atoms. The first-order valence-electron chi connectivity index (χ1n) is 5.10. The smallest absolute Gasteiger partial charge is 0.145 e. The lowest BCUT2D eigenvalue weighted by Gasteiger charge is -2.06. The average molecular weight is 205 g/mol. The van der Waals surface area contributed by atoms with Crippen LogP contribution in [0.3, 0.4) is 0 Å². The van der Waals surface area contributed by atoms with Crippen molar-refractivity contribution in [2.75, 3.05) is 0 Å². The standard InChI is InChI=1S/C11H15N3O/c1-14-5-4-10(13-14)7-11(15)8-2-3-9(12)6-8/h2-5,8-9H,6-7,12H2,1H3. The van der Waals surface area contributed by atoms with E-state index in [0.717, 1.165) is 12.1 Å². The Morgan fingerprint density at radius 3 is 3.00 bits per heavy atom. The lowest BCUT2D eigenvalue weighted by molar-refractivity contribution is -0.120. The SMILES string of the molecule is Cn1ccc(CC(=O)C2C=CC(N)C2)n1. The molecule has 0 aliphatic heterocycles. The van der Waals surface area contributed by atoms with Crippen LogP contribution in [0.4, 0.5) is 0 Å². The third-order valence-electron chi connectivity index (χ3n) is 2.65. The van der Waals surface area contributed by atoms with Gasteiger partial charge in [-0.25, -0.2) is 0 Å². The van der Waals surface area contributed by atoms with Crippen LogP contribution < -0.4 is 5.73 Å². The molecule has 4 heteroatoms. The molecule has 2 rings (SSSR count). The third-order valence-corrected chi connectivity index (χ3v) is 2.65. The number of hydrogen-bond acceptors (Lipinski definition) is 3. The molecular weight excluding hydrogens is 190 g/mol. The van der Waals surface area contributed by atoms with Crippen LogP contribution in [0.15, 0.2) is 24.4 Å². The molecule has 0 fully saturated rings. The van der Waals surface area contributed by atoms with Gasteiger partial charge in [0.15, 0.2) is 0 Å². The van der Waals surface area contributed by atoms with E-state index in [1.807, 2.05) is 31.5 Å². The molecule has 0 amide bonds. The Kier molecular flexibility index (Phi) is 2.68. The number of carbonyl (C=O) groups excluding carboxylic acids is 1. The second-order valence-electron chi connectivity index (χ2n) is 4.01. The second kappa shape index (κ2) is 3.98. The largest absolute Gasteiger partial charge is 0.324 e. The fourth-order valence-corrected chi connectivity index (χ4v) is 1.83. The number of nitrogens with two attached hydrogens (primary N) is 1. The van der Waals surface area contributed by atoms with E-state index in [0.29, 0.717) is 6.42 Å². The molecule has 80 valence electrons. The average Bonchev–Trinajstić information content (AvgIpc) is 2.75. The summed E-state index contributed by atoms with van der Waals surface area (Å²) in [5.41, 5.74) is 6.53. The molecule has 0 saturated heterocycles. The van der Waals surface area contributed by atoms with E-state index >= 15 is 0 Å². The molecule has 2 N–H and O–H groups in total. The van der Waals surface area contributed by atoms with Crippen molar-refractivity contribution in [3.8, 4) is 0 Å². The van der Waals surface area contributed by atoms with E-state index in [1.165, 1.54) is 0 Å². The van der Waals surface area contributed by atoms with Crippen molar-refractivity contribution in [3.63, 3.8) is 0 Å². The fraction of sp³-hybridized carbons (Fsp3) is 0.455. The quantitative estimate of drug-likeness (QED) is 0.728. The number of ketones is 1. The summed E-state index contributed by atoms with van der Waals surface area (Å²) in [5, 5.41) is 4.18. The lowest BCUT2D eigenvalue weighted by Crippen LogP contribution is -2.20. The van der Waals surface area contributed by atoms with Gasteiger partial charge in [-0.3, -0.25) is 9.48 Å². The summed E-state index contributed by atoms with van der Waals surface area (Å²) in [7, 11) is 1.85. The lowest BCUT2D eigenvalue weighted by atomic mass is 9.99. The molecule has 0 radical (unpaired) electrons. The normalized spacial score (nSPS) is 24.7. The number of aromatic nitrogens is 2. The number of Topliss-reactive ketones (excluding diaryl/α,β-unsaturated/α-hetero) is 1. The molecule has 2 unspecified atom stereocenters. The van der Waals surface area contributed by atoms with E-state index in [4.69, 9.17) is 5.73 Å². The van der Waals surface area contributed by atoms with E-state index in [1.54, 1.807) is 4.68 Å². The Balaban J connectivity index is 1.96. The summed E-state index contributed by atoms with van der Waals surface area (Å²) in [6, 6.07) is 1.92. The van der Waals surface area contributed by atoms with E-state index in [9.17, 15) is 4.79 Å². The Bertz CT molecular complexity index is 394. The van der Waals surface area contributed by atoms with Gasteiger partial charge in [0, 0.05) is 25.2 Å². The van der Waals surface area contributed by atoms with Crippen molar-refractivity contribution in [2.45, 2.75) is 18.9 Å². The van der Waals surface area contributed by atoms with Crippen LogP contribution in [0.5, 0.6) is 0 Å². The van der Waals surface area contributed by atoms with Crippen molar-refractivity contribution in [1.29, 1.82) is 0 Å². The van der Waals surface area contributed by atoms with Gasteiger partial charge in [0.1, 0.15) is 5.78 Å². The number of nitrogens with zero attached hydrogens (tertiary/aromatic N) is 2. The second-order valence-corrected chi connectivity index (χ2v) is 4.01. The highest BCUT2D eigenvalue weighted by Crippen LogP contribution is 2.18. The van der Waals surface area contributed by atoms with Gasteiger partial charge in [0.05, 0.1) is 12.1 Å². The minimum absolute atomic E-state index is 0.0120. The molecule has 0 bridgehead atoms. The number of rotatable bonds is 3. The molecule has 4 nitrogen and oxygen atoms in total. The molecule has 1 aromatic heterocycles. The first-order valence-corrected chi connectivity index (χ1v) is 5.10. The van der Waals surface area contributed by atoms with Gasteiger partial charge in [-0.1, -0.05) is 12.2 Å². The summed E-state index contributed by atoms with van der Waals surface area (Å²) >= 11 is 0. The predicted molar refractivity (Wildman–Crippen MR) is 57.1 cm³/mol. The summed E-state index contributed by atoms with van der Waals surface area (Å²) in [6.45, 7) is 0. The van der Waals surface area contributed by atoms with Gasteiger partial charge < -0.3 is 5.73 Å². The maximum atomic E-state index is 11.8. The fourth-order valence-electron chi connectivity index (χ4n) is 1.83. The summed E-state index contributed by atoms with van der Waals surface area (Å²) in [5.74, 6) is 0.194. The predicted octanol–water partition coefficient (Wildman–Crippen LogP) is 0.435. The first kappa shape index (κ1) is 10.1. The Labute approximate surface area is 88.8 Å². The molecule has 0 saturated carbocycles. The summed E-state index contributed by atoms with van der Waals surface area (Å²) in [6.07, 6.45) is 6.81. The van der Waals surface area contributed by atoms with Gasteiger partial charge in [0.25, 0.3) is 0 Å². The number of aryl methyl sites for hydroxylation is 1. The van der Waals surface area contributed by atoms with Crippen LogP contribution >= 0.6 is 0 Å². The number of carbonyl (C=O) groups is 1. The zero-order valence-electron chi connectivity index (χ0n) is 8.76. The molecule has 1 heterocycles. The van der Waals surface area contributed by atoms with Crippen LogP contribution in [-0.4, -0.2) is 21.6 Å². The molecule has 0 spiro atoms. The van der Waals surface area contributed by atoms with Crippen molar-refractivity contribution < 1.29 is 4.79 Å². The highest BCUT2D eigenvalue weighted by Gasteiger charge is 2.22.